The van der Waals surface area contributed by atoms with Crippen molar-refractivity contribution in [2.24, 2.45) is 0 Å². The third-order valence-corrected chi connectivity index (χ3v) is 5.04. The number of rotatable bonds is 4. The molecule has 0 aliphatic carbocycles. The first-order valence-electron chi connectivity index (χ1n) is 7.47. The van der Waals surface area contributed by atoms with Crippen LogP contribution in [0.15, 0.2) is 58.3 Å². The van der Waals surface area contributed by atoms with E-state index < -0.39 is 5.97 Å². The molecule has 4 nitrogen and oxygen atoms in total. The van der Waals surface area contributed by atoms with E-state index in [1.807, 2.05) is 48.5 Å². The average molecular weight is 340 g/mol. The molecule has 5 heteroatoms. The summed E-state index contributed by atoms with van der Waals surface area (Å²) in [5.41, 5.74) is 3.14. The molecule has 24 heavy (non-hydrogen) atoms. The lowest BCUT2D eigenvalue weighted by molar-refractivity contribution is -0.139. The molecule has 0 unspecified atom stereocenters. The van der Waals surface area contributed by atoms with Crippen molar-refractivity contribution in [2.75, 3.05) is 7.11 Å². The van der Waals surface area contributed by atoms with E-state index in [1.54, 1.807) is 11.8 Å². The van der Waals surface area contributed by atoms with E-state index in [0.717, 1.165) is 26.5 Å². The largest absolute Gasteiger partial charge is 0.481 e. The van der Waals surface area contributed by atoms with Crippen LogP contribution >= 0.6 is 11.8 Å². The fraction of sp³-hybridized carbons (Fsp3) is 0.158. The molecule has 0 amide bonds. The molecule has 0 fully saturated rings. The van der Waals surface area contributed by atoms with Gasteiger partial charge in [-0.1, -0.05) is 48.2 Å². The molecular weight excluding hydrogens is 324 g/mol. The van der Waals surface area contributed by atoms with E-state index in [-0.39, 0.29) is 18.8 Å². The molecule has 1 aliphatic heterocycles. The summed E-state index contributed by atoms with van der Waals surface area (Å²) >= 11 is 1.59. The maximum absolute atomic E-state index is 11.9. The highest BCUT2D eigenvalue weighted by Crippen LogP contribution is 2.46. The second-order valence-corrected chi connectivity index (χ2v) is 6.46. The van der Waals surface area contributed by atoms with Crippen LogP contribution in [-0.2, 0) is 14.3 Å². The molecule has 122 valence electrons. The summed E-state index contributed by atoms with van der Waals surface area (Å²) in [6.07, 6.45) is -0.0940. The van der Waals surface area contributed by atoms with Gasteiger partial charge in [-0.2, -0.15) is 0 Å². The van der Waals surface area contributed by atoms with E-state index in [9.17, 15) is 14.7 Å². The number of carboxylic acids is 1. The topological polar surface area (TPSA) is 63.6 Å². The molecular formula is C19H16O4S. The van der Waals surface area contributed by atoms with Crippen LogP contribution in [0.1, 0.15) is 24.0 Å². The lowest BCUT2D eigenvalue weighted by Crippen LogP contribution is -2.06. The third kappa shape index (κ3) is 3.21. The van der Waals surface area contributed by atoms with Crippen LogP contribution in [0, 0.1) is 0 Å². The smallest absolute Gasteiger partial charge is 0.310 e. The number of carbonyl (C=O) groups is 2. The minimum atomic E-state index is -0.924. The molecule has 0 atom stereocenters. The molecule has 1 N–H and O–H groups in total. The zero-order chi connectivity index (χ0) is 17.1. The van der Waals surface area contributed by atoms with Gasteiger partial charge in [0.2, 0.25) is 0 Å². The second kappa shape index (κ2) is 6.93. The number of methoxy groups -OCH3 is 1. The standard InChI is InChI=1S/C19H16O4S/c1-23-19(22)11-15-13-7-3-5-9-17(13)24-16-8-4-2-6-12(16)14(15)10-18(20)21/h2-9H,10-11H2,1H3,(H,20,21). The SMILES string of the molecule is COC(=O)CC1=C(CC(=O)O)c2ccccc2Sc2ccccc21. The molecule has 1 heterocycles. The molecule has 0 aromatic heterocycles. The van der Waals surface area contributed by atoms with Gasteiger partial charge in [0.25, 0.3) is 0 Å². The summed E-state index contributed by atoms with van der Waals surface area (Å²) in [5.74, 6) is -1.31. The first kappa shape index (κ1) is 16.3. The Bertz CT molecular complexity index is 839. The fourth-order valence-electron chi connectivity index (χ4n) is 2.83. The van der Waals surface area contributed by atoms with Crippen LogP contribution in [-0.4, -0.2) is 24.2 Å². The summed E-state index contributed by atoms with van der Waals surface area (Å²) in [7, 11) is 1.34. The number of hydrogen-bond acceptors (Lipinski definition) is 4. The van der Waals surface area contributed by atoms with Crippen molar-refractivity contribution < 1.29 is 19.4 Å². The van der Waals surface area contributed by atoms with E-state index >= 15 is 0 Å². The monoisotopic (exact) mass is 340 g/mol. The Labute approximate surface area is 144 Å². The minimum Gasteiger partial charge on any atom is -0.481 e. The lowest BCUT2D eigenvalue weighted by atomic mass is 9.90. The van der Waals surface area contributed by atoms with Crippen molar-refractivity contribution in [1.29, 1.82) is 0 Å². The number of ether oxygens (including phenoxy) is 1. The van der Waals surface area contributed by atoms with Gasteiger partial charge in [-0.05, 0) is 34.4 Å². The van der Waals surface area contributed by atoms with Crippen LogP contribution in [0.5, 0.6) is 0 Å². The van der Waals surface area contributed by atoms with Gasteiger partial charge < -0.3 is 9.84 Å². The molecule has 2 aromatic rings. The molecule has 0 bridgehead atoms. The number of carbonyl (C=O) groups excluding carboxylic acids is 1. The summed E-state index contributed by atoms with van der Waals surface area (Å²) in [4.78, 5) is 25.4. The first-order chi connectivity index (χ1) is 11.6. The Balaban J connectivity index is 2.29. The Morgan fingerprint density at radius 3 is 1.92 bits per heavy atom. The number of hydrogen-bond donors (Lipinski definition) is 1. The van der Waals surface area contributed by atoms with Crippen LogP contribution in [0.25, 0.3) is 11.1 Å². The van der Waals surface area contributed by atoms with Gasteiger partial charge in [0.05, 0.1) is 20.0 Å². The minimum absolute atomic E-state index is 0.0466. The van der Waals surface area contributed by atoms with Gasteiger partial charge in [-0.25, -0.2) is 0 Å². The lowest BCUT2D eigenvalue weighted by Gasteiger charge is -2.14. The summed E-state index contributed by atoms with van der Waals surface area (Å²) in [5, 5.41) is 9.38. The Morgan fingerprint density at radius 1 is 0.917 bits per heavy atom. The van der Waals surface area contributed by atoms with Crippen molar-refractivity contribution in [1.82, 2.24) is 0 Å². The second-order valence-electron chi connectivity index (χ2n) is 5.37. The summed E-state index contributed by atoms with van der Waals surface area (Å²) in [6, 6.07) is 15.4. The predicted octanol–water partition coefficient (Wildman–Crippen LogP) is 4.10. The van der Waals surface area contributed by atoms with Crippen LogP contribution in [0.4, 0.5) is 0 Å². The van der Waals surface area contributed by atoms with Crippen LogP contribution in [0.3, 0.4) is 0 Å². The number of aliphatic carboxylic acids is 1. The summed E-state index contributed by atoms with van der Waals surface area (Å²) in [6.45, 7) is 0. The Morgan fingerprint density at radius 2 is 1.42 bits per heavy atom. The van der Waals surface area contributed by atoms with Gasteiger partial charge >= 0.3 is 11.9 Å². The molecule has 2 aromatic carbocycles. The van der Waals surface area contributed by atoms with E-state index in [1.165, 1.54) is 7.11 Å². The van der Waals surface area contributed by atoms with Crippen molar-refractivity contribution >= 4 is 34.8 Å². The molecule has 0 saturated carbocycles. The highest BCUT2D eigenvalue weighted by atomic mass is 32.2. The van der Waals surface area contributed by atoms with Gasteiger partial charge in [0.1, 0.15) is 0 Å². The van der Waals surface area contributed by atoms with E-state index in [2.05, 4.69) is 0 Å². The molecule has 0 radical (unpaired) electrons. The van der Waals surface area contributed by atoms with Crippen molar-refractivity contribution in [3.8, 4) is 0 Å². The number of benzene rings is 2. The zero-order valence-corrected chi connectivity index (χ0v) is 13.9. The average Bonchev–Trinajstić information content (AvgIpc) is 2.70. The Kier molecular flexibility index (Phi) is 4.71. The van der Waals surface area contributed by atoms with Gasteiger partial charge in [0.15, 0.2) is 0 Å². The van der Waals surface area contributed by atoms with E-state index in [0.29, 0.717) is 5.57 Å². The molecule has 3 rings (SSSR count). The first-order valence-corrected chi connectivity index (χ1v) is 8.29. The maximum atomic E-state index is 11.9. The normalized spacial score (nSPS) is 12.9. The Hall–Kier alpha value is -2.53. The van der Waals surface area contributed by atoms with Gasteiger partial charge in [-0.15, -0.1) is 0 Å². The predicted molar refractivity (Wildman–Crippen MR) is 92.7 cm³/mol. The summed E-state index contributed by atoms with van der Waals surface area (Å²) < 4.78 is 4.82. The number of carboxylic acid groups (broad SMARTS) is 1. The number of esters is 1. The number of fused-ring (bicyclic) bond motifs is 2. The fourth-order valence-corrected chi connectivity index (χ4v) is 3.96. The van der Waals surface area contributed by atoms with E-state index in [4.69, 9.17) is 4.74 Å². The maximum Gasteiger partial charge on any atom is 0.310 e. The van der Waals surface area contributed by atoms with Gasteiger partial charge in [-0.3, -0.25) is 9.59 Å². The van der Waals surface area contributed by atoms with Crippen molar-refractivity contribution in [3.05, 3.63) is 59.7 Å². The van der Waals surface area contributed by atoms with Gasteiger partial charge in [0, 0.05) is 9.79 Å². The van der Waals surface area contributed by atoms with Crippen molar-refractivity contribution in [2.45, 2.75) is 22.6 Å². The highest BCUT2D eigenvalue weighted by Gasteiger charge is 2.25. The molecule has 0 saturated heterocycles. The highest BCUT2D eigenvalue weighted by molar-refractivity contribution is 7.99. The molecule has 0 spiro atoms. The quantitative estimate of drug-likeness (QED) is 0.849. The third-order valence-electron chi connectivity index (χ3n) is 3.89. The van der Waals surface area contributed by atoms with Crippen LogP contribution in [0.2, 0.25) is 0 Å². The zero-order valence-electron chi connectivity index (χ0n) is 13.1. The van der Waals surface area contributed by atoms with Crippen LogP contribution < -0.4 is 0 Å². The van der Waals surface area contributed by atoms with Crippen molar-refractivity contribution in [3.63, 3.8) is 0 Å². The molecule has 1 aliphatic rings.